The molecule has 1 aromatic rings. The normalized spacial score (nSPS) is 9.00. The van der Waals surface area contributed by atoms with Crippen LogP contribution < -0.4 is 5.76 Å². The van der Waals surface area contributed by atoms with Gasteiger partial charge in [-0.05, 0) is 0 Å². The Bertz CT molecular complexity index is 233. The van der Waals surface area contributed by atoms with Gasteiger partial charge in [0.1, 0.15) is 0 Å². The molecule has 0 aliphatic carbocycles. The van der Waals surface area contributed by atoms with E-state index >= 15 is 0 Å². The van der Waals surface area contributed by atoms with E-state index in [4.69, 9.17) is 0 Å². The smallest absolute Gasteiger partial charge is 0.405 e. The molecule has 1 rings (SSSR count). The lowest BCUT2D eigenvalue weighted by Gasteiger charge is -1.65. The molecule has 1 N–H and O–H groups in total. The number of oxazole rings is 1. The Morgan fingerprint density at radius 2 is 2.50 bits per heavy atom. The van der Waals surface area contributed by atoms with Crippen LogP contribution in [0.4, 0.5) is 0 Å². The zero-order valence-electron chi connectivity index (χ0n) is 3.88. The average molecular weight is 113 g/mol. The first-order valence-electron chi connectivity index (χ1n) is 1.96. The first kappa shape index (κ1) is 4.83. The van der Waals surface area contributed by atoms with E-state index in [1.54, 1.807) is 0 Å². The maximum Gasteiger partial charge on any atom is 0.416 e. The van der Waals surface area contributed by atoms with E-state index in [0.29, 0.717) is 6.29 Å². The van der Waals surface area contributed by atoms with Gasteiger partial charge in [0.25, 0.3) is 0 Å². The Morgan fingerprint density at radius 3 is 2.75 bits per heavy atom. The fourth-order valence-corrected chi connectivity index (χ4v) is 0.354. The van der Waals surface area contributed by atoms with Crippen molar-refractivity contribution >= 4 is 6.29 Å². The van der Waals surface area contributed by atoms with Crippen molar-refractivity contribution in [3.63, 3.8) is 0 Å². The third-order valence-corrected chi connectivity index (χ3v) is 0.659. The quantitative estimate of drug-likeness (QED) is 0.512. The Morgan fingerprint density at radius 1 is 1.75 bits per heavy atom. The molecule has 0 bridgehead atoms. The number of carbonyl (C=O) groups excluding carboxylic acids is 1. The molecule has 0 aromatic carbocycles. The van der Waals surface area contributed by atoms with E-state index in [9.17, 15) is 9.59 Å². The minimum Gasteiger partial charge on any atom is -0.405 e. The molecule has 1 aromatic heterocycles. The van der Waals surface area contributed by atoms with E-state index < -0.39 is 5.76 Å². The van der Waals surface area contributed by atoms with Crippen LogP contribution in [-0.4, -0.2) is 11.3 Å². The molecule has 0 saturated heterocycles. The molecule has 0 atom stereocenters. The molecule has 0 radical (unpaired) electrons. The van der Waals surface area contributed by atoms with Crippen LogP contribution in [0.15, 0.2) is 15.4 Å². The van der Waals surface area contributed by atoms with Crippen LogP contribution in [-0.2, 0) is 0 Å². The number of hydrogen-bond donors (Lipinski definition) is 1. The van der Waals surface area contributed by atoms with Crippen molar-refractivity contribution in [2.45, 2.75) is 0 Å². The van der Waals surface area contributed by atoms with Gasteiger partial charge in [0, 0.05) is 0 Å². The highest BCUT2D eigenvalue weighted by atomic mass is 16.4. The number of aldehydes is 1. The van der Waals surface area contributed by atoms with Gasteiger partial charge in [0.05, 0.1) is 6.20 Å². The van der Waals surface area contributed by atoms with Crippen molar-refractivity contribution in [1.29, 1.82) is 0 Å². The van der Waals surface area contributed by atoms with E-state index in [1.165, 1.54) is 6.20 Å². The Balaban J connectivity index is 3.18. The van der Waals surface area contributed by atoms with Crippen molar-refractivity contribution in [2.75, 3.05) is 0 Å². The van der Waals surface area contributed by atoms with Crippen LogP contribution in [0.1, 0.15) is 10.6 Å². The van der Waals surface area contributed by atoms with Crippen LogP contribution in [0.5, 0.6) is 0 Å². The molecule has 0 saturated carbocycles. The van der Waals surface area contributed by atoms with Crippen LogP contribution in [0, 0.1) is 0 Å². The molecular formula is C4H3NO3. The zero-order chi connectivity index (χ0) is 5.98. The van der Waals surface area contributed by atoms with Gasteiger partial charge in [-0.1, -0.05) is 0 Å². The third-order valence-electron chi connectivity index (χ3n) is 0.659. The number of rotatable bonds is 1. The van der Waals surface area contributed by atoms with Crippen LogP contribution >= 0.6 is 0 Å². The summed E-state index contributed by atoms with van der Waals surface area (Å²) in [4.78, 5) is 22.0. The highest BCUT2D eigenvalue weighted by molar-refractivity contribution is 5.69. The molecule has 1 heterocycles. The van der Waals surface area contributed by atoms with Gasteiger partial charge in [-0.15, -0.1) is 0 Å². The zero-order valence-corrected chi connectivity index (χ0v) is 3.88. The van der Waals surface area contributed by atoms with Crippen molar-refractivity contribution in [3.8, 4) is 0 Å². The summed E-state index contributed by atoms with van der Waals surface area (Å²) >= 11 is 0. The first-order valence-corrected chi connectivity index (χ1v) is 1.96. The fraction of sp³-hybridized carbons (Fsp3) is 0. The Kier molecular flexibility index (Phi) is 0.997. The summed E-state index contributed by atoms with van der Waals surface area (Å²) in [5, 5.41) is 0. The lowest BCUT2D eigenvalue weighted by atomic mass is 10.6. The van der Waals surface area contributed by atoms with Crippen molar-refractivity contribution < 1.29 is 9.21 Å². The van der Waals surface area contributed by atoms with Crippen molar-refractivity contribution in [3.05, 3.63) is 22.5 Å². The van der Waals surface area contributed by atoms with Gasteiger partial charge in [0.15, 0.2) is 12.0 Å². The Hall–Kier alpha value is -1.32. The van der Waals surface area contributed by atoms with Crippen molar-refractivity contribution in [1.82, 2.24) is 4.98 Å². The molecule has 0 aliphatic rings. The lowest BCUT2D eigenvalue weighted by Crippen LogP contribution is -1.92. The molecule has 0 amide bonds. The molecular weight excluding hydrogens is 110 g/mol. The summed E-state index contributed by atoms with van der Waals surface area (Å²) in [7, 11) is 0. The maximum atomic E-state index is 10.1. The standard InChI is InChI=1S/C4H3NO3/c6-2-3-1-5-4(7)8-3/h1-2H,(H,5,7). The summed E-state index contributed by atoms with van der Waals surface area (Å²) < 4.78 is 4.25. The van der Waals surface area contributed by atoms with Gasteiger partial charge in [-0.25, -0.2) is 4.79 Å². The van der Waals surface area contributed by atoms with Crippen molar-refractivity contribution in [2.24, 2.45) is 0 Å². The van der Waals surface area contributed by atoms with Gasteiger partial charge in [0.2, 0.25) is 0 Å². The number of H-pyrrole nitrogens is 1. The summed E-state index contributed by atoms with van der Waals surface area (Å²) in [5.41, 5.74) is 0. The number of carbonyl (C=O) groups is 1. The highest BCUT2D eigenvalue weighted by Gasteiger charge is 1.91. The summed E-state index contributed by atoms with van der Waals surface area (Å²) in [6.07, 6.45) is 1.66. The predicted molar refractivity (Wildman–Crippen MR) is 24.7 cm³/mol. The molecule has 0 fully saturated rings. The molecule has 8 heavy (non-hydrogen) atoms. The second-order valence-corrected chi connectivity index (χ2v) is 1.20. The van der Waals surface area contributed by atoms with Crippen LogP contribution in [0.3, 0.4) is 0 Å². The van der Waals surface area contributed by atoms with Crippen LogP contribution in [0.2, 0.25) is 0 Å². The molecule has 0 aliphatic heterocycles. The van der Waals surface area contributed by atoms with Gasteiger partial charge in [-0.2, -0.15) is 0 Å². The fourth-order valence-electron chi connectivity index (χ4n) is 0.354. The third kappa shape index (κ3) is 0.676. The number of hydrogen-bond acceptors (Lipinski definition) is 3. The van der Waals surface area contributed by atoms with Gasteiger partial charge >= 0.3 is 5.76 Å². The van der Waals surface area contributed by atoms with Gasteiger partial charge in [-0.3, -0.25) is 9.78 Å². The van der Waals surface area contributed by atoms with Crippen LogP contribution in [0.25, 0.3) is 0 Å². The number of aromatic nitrogens is 1. The topological polar surface area (TPSA) is 63.1 Å². The number of aromatic amines is 1. The largest absolute Gasteiger partial charge is 0.416 e. The van der Waals surface area contributed by atoms with E-state index in [0.717, 1.165) is 0 Å². The second kappa shape index (κ2) is 1.65. The number of nitrogens with one attached hydrogen (secondary N) is 1. The predicted octanol–water partition coefficient (Wildman–Crippen LogP) is -0.220. The minimum atomic E-state index is -0.605. The second-order valence-electron chi connectivity index (χ2n) is 1.20. The monoisotopic (exact) mass is 113 g/mol. The molecule has 4 heteroatoms. The van der Waals surface area contributed by atoms with E-state index in [-0.39, 0.29) is 5.76 Å². The van der Waals surface area contributed by atoms with Gasteiger partial charge < -0.3 is 4.42 Å². The maximum absolute atomic E-state index is 10.1. The summed E-state index contributed by atoms with van der Waals surface area (Å²) in [6, 6.07) is 0. The lowest BCUT2D eigenvalue weighted by molar-refractivity contribution is 0.109. The van der Waals surface area contributed by atoms with E-state index in [1.807, 2.05) is 0 Å². The molecule has 0 unspecified atom stereocenters. The molecule has 42 valence electrons. The summed E-state index contributed by atoms with van der Waals surface area (Å²) in [6.45, 7) is 0. The molecule has 0 spiro atoms. The Labute approximate surface area is 44.1 Å². The highest BCUT2D eigenvalue weighted by Crippen LogP contribution is 1.82. The van der Waals surface area contributed by atoms with E-state index in [2.05, 4.69) is 9.40 Å². The SMILES string of the molecule is O=Cc1c[nH]c(=O)o1. The minimum absolute atomic E-state index is 0.0231. The average Bonchev–Trinajstić information content (AvgIpc) is 2.14. The molecule has 4 nitrogen and oxygen atoms in total. The summed E-state index contributed by atoms with van der Waals surface area (Å²) in [5.74, 6) is -0.581. The first-order chi connectivity index (χ1) is 3.83.